The van der Waals surface area contributed by atoms with Crippen LogP contribution in [0.4, 0.5) is 5.82 Å². The summed E-state index contributed by atoms with van der Waals surface area (Å²) < 4.78 is 5.28. The van der Waals surface area contributed by atoms with Crippen LogP contribution in [0.3, 0.4) is 0 Å². The zero-order valence-electron chi connectivity index (χ0n) is 13.4. The highest BCUT2D eigenvalue weighted by atomic mass is 32.1. The third-order valence-corrected chi connectivity index (χ3v) is 4.16. The Bertz CT molecular complexity index is 695. The molecule has 120 valence electrons. The van der Waals surface area contributed by atoms with Crippen LogP contribution in [0, 0.1) is 13.8 Å². The quantitative estimate of drug-likeness (QED) is 0.823. The second kappa shape index (κ2) is 6.58. The normalized spacial score (nSPS) is 12.7. The summed E-state index contributed by atoms with van der Waals surface area (Å²) in [5.41, 5.74) is 0.804. The van der Waals surface area contributed by atoms with Crippen LogP contribution in [-0.2, 0) is 4.74 Å². The molecule has 0 aliphatic carbocycles. The molecule has 2 aromatic heterocycles. The van der Waals surface area contributed by atoms with Crippen LogP contribution < -0.4 is 5.32 Å². The lowest BCUT2D eigenvalue weighted by Gasteiger charge is -2.10. The van der Waals surface area contributed by atoms with Crippen molar-refractivity contribution in [3.05, 3.63) is 16.3 Å². The van der Waals surface area contributed by atoms with Crippen LogP contribution in [0.1, 0.15) is 41.8 Å². The van der Waals surface area contributed by atoms with Gasteiger partial charge in [-0.05, 0) is 40.2 Å². The standard InChI is InChI=1S/C15H21N3O3S/c1-7(2)21-15(20)12-9(4)11-13(16-6-8(3)19)17-10(5)18-14(11)22-12/h7-8,19H,6H2,1-5H3,(H,16,17,18). The van der Waals surface area contributed by atoms with Crippen molar-refractivity contribution in [3.8, 4) is 0 Å². The number of nitrogens with zero attached hydrogens (tertiary/aromatic N) is 2. The third-order valence-electron chi connectivity index (χ3n) is 3.00. The molecule has 0 aromatic carbocycles. The summed E-state index contributed by atoms with van der Waals surface area (Å²) in [5, 5.41) is 13.4. The van der Waals surface area contributed by atoms with E-state index in [1.165, 1.54) is 11.3 Å². The fourth-order valence-electron chi connectivity index (χ4n) is 2.08. The first-order valence-electron chi connectivity index (χ1n) is 7.20. The van der Waals surface area contributed by atoms with Gasteiger partial charge in [0.05, 0.1) is 17.6 Å². The van der Waals surface area contributed by atoms with Crippen LogP contribution in [0.15, 0.2) is 0 Å². The van der Waals surface area contributed by atoms with E-state index < -0.39 is 6.10 Å². The molecule has 0 aliphatic heterocycles. The first kappa shape index (κ1) is 16.6. The van der Waals surface area contributed by atoms with E-state index in [0.29, 0.717) is 23.1 Å². The summed E-state index contributed by atoms with van der Waals surface area (Å²) in [7, 11) is 0. The molecule has 7 heteroatoms. The lowest BCUT2D eigenvalue weighted by molar-refractivity contribution is 0.0383. The number of hydrogen-bond acceptors (Lipinski definition) is 7. The number of hydrogen-bond donors (Lipinski definition) is 2. The number of carbonyl (C=O) groups excluding carboxylic acids is 1. The number of thiophene rings is 1. The van der Waals surface area contributed by atoms with Crippen molar-refractivity contribution in [2.45, 2.75) is 46.8 Å². The molecule has 1 atom stereocenters. The Balaban J connectivity index is 2.49. The number of rotatable bonds is 5. The number of fused-ring (bicyclic) bond motifs is 1. The number of anilines is 1. The molecule has 0 saturated carbocycles. The van der Waals surface area contributed by atoms with Gasteiger partial charge in [0.25, 0.3) is 0 Å². The Hall–Kier alpha value is -1.73. The topological polar surface area (TPSA) is 84.3 Å². The number of carbonyl (C=O) groups is 1. The van der Waals surface area contributed by atoms with Crippen LogP contribution in [0.2, 0.25) is 0 Å². The molecule has 2 heterocycles. The minimum atomic E-state index is -0.491. The van der Waals surface area contributed by atoms with Gasteiger partial charge in [0.2, 0.25) is 0 Å². The van der Waals surface area contributed by atoms with E-state index in [1.54, 1.807) is 13.8 Å². The van der Waals surface area contributed by atoms with Crippen LogP contribution in [-0.4, -0.2) is 39.8 Å². The van der Waals surface area contributed by atoms with Crippen LogP contribution in [0.5, 0.6) is 0 Å². The van der Waals surface area contributed by atoms with E-state index in [1.807, 2.05) is 20.8 Å². The molecular weight excluding hydrogens is 302 g/mol. The highest BCUT2D eigenvalue weighted by molar-refractivity contribution is 7.20. The number of aliphatic hydroxyl groups excluding tert-OH is 1. The molecule has 0 fully saturated rings. The van der Waals surface area contributed by atoms with Gasteiger partial charge in [0, 0.05) is 6.54 Å². The fraction of sp³-hybridized carbons (Fsp3) is 0.533. The predicted octanol–water partition coefficient (Wildman–Crippen LogP) is 2.67. The number of esters is 1. The van der Waals surface area contributed by atoms with E-state index in [9.17, 15) is 9.90 Å². The summed E-state index contributed by atoms with van der Waals surface area (Å²) in [4.78, 5) is 22.3. The number of ether oxygens (including phenoxy) is 1. The smallest absolute Gasteiger partial charge is 0.348 e. The van der Waals surface area contributed by atoms with Crippen molar-refractivity contribution >= 4 is 33.3 Å². The molecule has 0 aliphatic rings. The maximum Gasteiger partial charge on any atom is 0.348 e. The second-order valence-electron chi connectivity index (χ2n) is 5.54. The van der Waals surface area contributed by atoms with Crippen molar-refractivity contribution in [1.29, 1.82) is 0 Å². The molecule has 2 N–H and O–H groups in total. The average Bonchev–Trinajstić information content (AvgIpc) is 2.72. The largest absolute Gasteiger partial charge is 0.459 e. The highest BCUT2D eigenvalue weighted by Gasteiger charge is 2.21. The lowest BCUT2D eigenvalue weighted by Crippen LogP contribution is -2.16. The van der Waals surface area contributed by atoms with Crippen molar-refractivity contribution in [2.75, 3.05) is 11.9 Å². The molecule has 0 radical (unpaired) electrons. The summed E-state index contributed by atoms with van der Waals surface area (Å²) in [6.45, 7) is 9.38. The van der Waals surface area contributed by atoms with Gasteiger partial charge in [-0.15, -0.1) is 11.3 Å². The van der Waals surface area contributed by atoms with Gasteiger partial charge in [-0.25, -0.2) is 14.8 Å². The Labute approximate surface area is 133 Å². The zero-order valence-corrected chi connectivity index (χ0v) is 14.2. The third kappa shape index (κ3) is 3.53. The van der Waals surface area contributed by atoms with Crippen LogP contribution in [0.25, 0.3) is 10.2 Å². The zero-order chi connectivity index (χ0) is 16.4. The lowest BCUT2D eigenvalue weighted by atomic mass is 10.2. The Morgan fingerprint density at radius 2 is 2.00 bits per heavy atom. The molecule has 6 nitrogen and oxygen atoms in total. The van der Waals surface area contributed by atoms with Gasteiger partial charge in [-0.2, -0.15) is 0 Å². The summed E-state index contributed by atoms with van der Waals surface area (Å²) in [6.07, 6.45) is -0.660. The van der Waals surface area contributed by atoms with Crippen molar-refractivity contribution in [1.82, 2.24) is 9.97 Å². The summed E-state index contributed by atoms with van der Waals surface area (Å²) in [5.74, 6) is 0.918. The number of aliphatic hydroxyl groups is 1. The van der Waals surface area contributed by atoms with E-state index in [4.69, 9.17) is 4.74 Å². The Kier molecular flexibility index (Phi) is 4.97. The fourth-order valence-corrected chi connectivity index (χ4v) is 3.19. The van der Waals surface area contributed by atoms with E-state index in [2.05, 4.69) is 15.3 Å². The van der Waals surface area contributed by atoms with E-state index >= 15 is 0 Å². The minimum absolute atomic E-state index is 0.169. The highest BCUT2D eigenvalue weighted by Crippen LogP contribution is 2.34. The number of aryl methyl sites for hydroxylation is 2. The molecule has 0 amide bonds. The average molecular weight is 323 g/mol. The van der Waals surface area contributed by atoms with Gasteiger partial charge in [0.1, 0.15) is 21.3 Å². The van der Waals surface area contributed by atoms with Crippen LogP contribution >= 0.6 is 11.3 Å². The van der Waals surface area contributed by atoms with Gasteiger partial charge in [-0.1, -0.05) is 0 Å². The maximum absolute atomic E-state index is 12.2. The summed E-state index contributed by atoms with van der Waals surface area (Å²) in [6, 6.07) is 0. The molecule has 2 aromatic rings. The van der Waals surface area contributed by atoms with Gasteiger partial charge in [0.15, 0.2) is 0 Å². The Morgan fingerprint density at radius 3 is 2.59 bits per heavy atom. The van der Waals surface area contributed by atoms with Crippen molar-refractivity contribution in [2.24, 2.45) is 0 Å². The van der Waals surface area contributed by atoms with E-state index in [-0.39, 0.29) is 12.1 Å². The van der Waals surface area contributed by atoms with Gasteiger partial charge in [-0.3, -0.25) is 0 Å². The van der Waals surface area contributed by atoms with Crippen molar-refractivity contribution < 1.29 is 14.6 Å². The minimum Gasteiger partial charge on any atom is -0.459 e. The number of nitrogens with one attached hydrogen (secondary N) is 1. The number of aromatic nitrogens is 2. The molecule has 0 bridgehead atoms. The molecule has 22 heavy (non-hydrogen) atoms. The summed E-state index contributed by atoms with van der Waals surface area (Å²) >= 11 is 1.31. The first-order valence-corrected chi connectivity index (χ1v) is 8.02. The molecule has 0 spiro atoms. The predicted molar refractivity (Wildman–Crippen MR) is 87.6 cm³/mol. The Morgan fingerprint density at radius 1 is 1.32 bits per heavy atom. The van der Waals surface area contributed by atoms with E-state index in [0.717, 1.165) is 15.8 Å². The maximum atomic E-state index is 12.2. The SMILES string of the molecule is Cc1nc(NCC(C)O)c2c(C)c(C(=O)OC(C)C)sc2n1. The van der Waals surface area contributed by atoms with Crippen molar-refractivity contribution in [3.63, 3.8) is 0 Å². The first-order chi connectivity index (χ1) is 10.3. The monoisotopic (exact) mass is 323 g/mol. The molecule has 0 saturated heterocycles. The molecule has 2 rings (SSSR count). The van der Waals surface area contributed by atoms with Gasteiger partial charge < -0.3 is 15.2 Å². The molecule has 1 unspecified atom stereocenters. The molecular formula is C15H21N3O3S. The van der Waals surface area contributed by atoms with Gasteiger partial charge >= 0.3 is 5.97 Å². The second-order valence-corrected chi connectivity index (χ2v) is 6.54.